The van der Waals surface area contributed by atoms with Gasteiger partial charge in [-0.25, -0.2) is 17.6 Å². The van der Waals surface area contributed by atoms with Gasteiger partial charge in [-0.05, 0) is 12.3 Å². The van der Waals surface area contributed by atoms with Gasteiger partial charge in [-0.15, -0.1) is 0 Å². The summed E-state index contributed by atoms with van der Waals surface area (Å²) < 4.78 is 53.5. The molecule has 1 aromatic rings. The van der Waals surface area contributed by atoms with E-state index in [1.807, 2.05) is 0 Å². The number of nitrogen functional groups attached to an aromatic ring is 1. The summed E-state index contributed by atoms with van der Waals surface area (Å²) in [5.41, 5.74) is 0.0147. The van der Waals surface area contributed by atoms with Crippen LogP contribution in [0.25, 0.3) is 0 Å². The van der Waals surface area contributed by atoms with E-state index >= 15 is 0 Å². The van der Waals surface area contributed by atoms with Crippen LogP contribution in [0.2, 0.25) is 0 Å². The van der Waals surface area contributed by atoms with Gasteiger partial charge in [0.05, 0.1) is 0 Å². The molecule has 0 aliphatic carbocycles. The number of benzene rings is 1. The highest BCUT2D eigenvalue weighted by Gasteiger charge is 2.27. The molecule has 2 nitrogen and oxygen atoms in total. The molecule has 1 aromatic carbocycles. The third kappa shape index (κ3) is 1.84. The van der Waals surface area contributed by atoms with E-state index in [2.05, 4.69) is 0 Å². The Morgan fingerprint density at radius 1 is 1.06 bits per heavy atom. The number of hydrogen-bond donors (Lipinski definition) is 2. The highest BCUT2D eigenvalue weighted by molar-refractivity contribution is 5.49. The van der Waals surface area contributed by atoms with Crippen molar-refractivity contribution < 1.29 is 17.6 Å². The number of anilines is 1. The minimum absolute atomic E-state index is 0.363. The first-order chi connectivity index (χ1) is 7.45. The summed E-state index contributed by atoms with van der Waals surface area (Å²) in [6, 6.07) is 0. The summed E-state index contributed by atoms with van der Waals surface area (Å²) in [4.78, 5) is 0. The summed E-state index contributed by atoms with van der Waals surface area (Å²) in [6.07, 6.45) is 0.363. The van der Waals surface area contributed by atoms with Gasteiger partial charge in [0.1, 0.15) is 5.69 Å². The molecule has 1 unspecified atom stereocenters. The van der Waals surface area contributed by atoms with Gasteiger partial charge in [0.15, 0.2) is 23.3 Å². The smallest absolute Gasteiger partial charge is 0.186 e. The number of rotatable bonds is 3. The maximum Gasteiger partial charge on any atom is 0.186 e. The van der Waals surface area contributed by atoms with Crippen molar-refractivity contribution in [1.29, 1.82) is 0 Å². The van der Waals surface area contributed by atoms with Crippen LogP contribution in [0.4, 0.5) is 23.2 Å². The Balaban J connectivity index is 3.53. The largest absolute Gasteiger partial charge is 0.319 e. The predicted octanol–water partition coefficient (Wildman–Crippen LogP) is 3.04. The van der Waals surface area contributed by atoms with Gasteiger partial charge in [0, 0.05) is 5.56 Å². The van der Waals surface area contributed by atoms with Gasteiger partial charge in [-0.3, -0.25) is 5.84 Å². The number of hydrogen-bond acceptors (Lipinski definition) is 2. The first-order valence-corrected chi connectivity index (χ1v) is 4.78. The molecule has 0 aromatic heterocycles. The lowest BCUT2D eigenvalue weighted by molar-refractivity contribution is 0.431. The normalized spacial score (nSPS) is 12.7. The van der Waals surface area contributed by atoms with Gasteiger partial charge in [-0.1, -0.05) is 13.8 Å². The molecule has 0 radical (unpaired) electrons. The van der Waals surface area contributed by atoms with Crippen LogP contribution in [0, 0.1) is 23.3 Å². The zero-order valence-corrected chi connectivity index (χ0v) is 8.87. The van der Waals surface area contributed by atoms with Crippen molar-refractivity contribution >= 4 is 5.69 Å². The molecule has 3 N–H and O–H groups in total. The molecule has 0 saturated heterocycles. The van der Waals surface area contributed by atoms with E-state index in [1.165, 1.54) is 6.92 Å². The van der Waals surface area contributed by atoms with Crippen molar-refractivity contribution in [3.8, 4) is 0 Å². The van der Waals surface area contributed by atoms with Crippen LogP contribution < -0.4 is 11.3 Å². The summed E-state index contributed by atoms with van der Waals surface area (Å²) in [6.45, 7) is 3.14. The second kappa shape index (κ2) is 4.69. The summed E-state index contributed by atoms with van der Waals surface area (Å²) in [5, 5.41) is 0. The van der Waals surface area contributed by atoms with E-state index in [0.29, 0.717) is 6.42 Å². The van der Waals surface area contributed by atoms with Crippen LogP contribution in [0.5, 0.6) is 0 Å². The molecule has 1 atom stereocenters. The van der Waals surface area contributed by atoms with Crippen LogP contribution in [-0.2, 0) is 0 Å². The molecule has 0 bridgehead atoms. The highest BCUT2D eigenvalue weighted by atomic mass is 19.2. The molecule has 1 rings (SSSR count). The van der Waals surface area contributed by atoms with Gasteiger partial charge < -0.3 is 5.43 Å². The number of hydrazine groups is 1. The van der Waals surface area contributed by atoms with Crippen molar-refractivity contribution in [3.05, 3.63) is 28.8 Å². The van der Waals surface area contributed by atoms with Crippen molar-refractivity contribution in [2.24, 2.45) is 5.84 Å². The Labute approximate surface area is 90.4 Å². The summed E-state index contributed by atoms with van der Waals surface area (Å²) in [5.74, 6) is -1.64. The average Bonchev–Trinajstić information content (AvgIpc) is 2.27. The predicted molar refractivity (Wildman–Crippen MR) is 52.8 cm³/mol. The Morgan fingerprint density at radius 3 is 1.81 bits per heavy atom. The van der Waals surface area contributed by atoms with E-state index in [1.54, 1.807) is 12.3 Å². The number of halogens is 4. The zero-order valence-electron chi connectivity index (χ0n) is 8.87. The minimum Gasteiger partial charge on any atom is -0.319 e. The average molecular weight is 236 g/mol. The molecule has 0 saturated carbocycles. The molecule has 0 fully saturated rings. The lowest BCUT2D eigenvalue weighted by Crippen LogP contribution is -2.16. The third-order valence-electron chi connectivity index (χ3n) is 2.55. The Bertz CT molecular complexity index is 377. The van der Waals surface area contributed by atoms with Gasteiger partial charge in [-0.2, -0.15) is 0 Å². The minimum atomic E-state index is -1.50. The first kappa shape index (κ1) is 12.8. The standard InChI is InChI=1S/C10H12F4N2/c1-3-4(2)5-6(11)8(13)10(16-15)9(14)7(5)12/h4,16H,3,15H2,1-2H3. The second-order valence-corrected chi connectivity index (χ2v) is 3.50. The monoisotopic (exact) mass is 236 g/mol. The number of nitrogens with one attached hydrogen (secondary N) is 1. The van der Waals surface area contributed by atoms with E-state index < -0.39 is 40.4 Å². The molecule has 0 spiro atoms. The van der Waals surface area contributed by atoms with Crippen molar-refractivity contribution in [3.63, 3.8) is 0 Å². The maximum absolute atomic E-state index is 13.5. The van der Waals surface area contributed by atoms with Crippen molar-refractivity contribution in [1.82, 2.24) is 0 Å². The van der Waals surface area contributed by atoms with Crippen LogP contribution >= 0.6 is 0 Å². The molecule has 0 heterocycles. The maximum atomic E-state index is 13.5. The number of nitrogens with two attached hydrogens (primary N) is 1. The Kier molecular flexibility index (Phi) is 3.74. The molecule has 90 valence electrons. The van der Waals surface area contributed by atoms with Crippen molar-refractivity contribution in [2.45, 2.75) is 26.2 Å². The second-order valence-electron chi connectivity index (χ2n) is 3.50. The van der Waals surface area contributed by atoms with Gasteiger partial charge in [0.25, 0.3) is 0 Å². The SMILES string of the molecule is CCC(C)c1c(F)c(F)c(NN)c(F)c1F. The Hall–Kier alpha value is -1.30. The van der Waals surface area contributed by atoms with E-state index in [-0.39, 0.29) is 0 Å². The van der Waals surface area contributed by atoms with Crippen LogP contribution in [0.15, 0.2) is 0 Å². The van der Waals surface area contributed by atoms with Gasteiger partial charge in [0.2, 0.25) is 0 Å². The topological polar surface area (TPSA) is 38.0 Å². The molecular formula is C10H12F4N2. The third-order valence-corrected chi connectivity index (χ3v) is 2.55. The van der Waals surface area contributed by atoms with E-state index in [4.69, 9.17) is 5.84 Å². The van der Waals surface area contributed by atoms with Crippen molar-refractivity contribution in [2.75, 3.05) is 5.43 Å². The van der Waals surface area contributed by atoms with E-state index in [9.17, 15) is 17.6 Å². The molecule has 6 heteroatoms. The summed E-state index contributed by atoms with van der Waals surface area (Å²) in [7, 11) is 0. The first-order valence-electron chi connectivity index (χ1n) is 4.78. The Morgan fingerprint density at radius 2 is 1.50 bits per heavy atom. The fourth-order valence-corrected chi connectivity index (χ4v) is 1.41. The van der Waals surface area contributed by atoms with Gasteiger partial charge >= 0.3 is 0 Å². The molecule has 16 heavy (non-hydrogen) atoms. The fourth-order valence-electron chi connectivity index (χ4n) is 1.41. The van der Waals surface area contributed by atoms with Crippen LogP contribution in [0.3, 0.4) is 0 Å². The zero-order chi connectivity index (χ0) is 12.5. The lowest BCUT2D eigenvalue weighted by Gasteiger charge is -2.15. The quantitative estimate of drug-likeness (QED) is 0.366. The summed E-state index contributed by atoms with van der Waals surface area (Å²) >= 11 is 0. The molecule has 0 aliphatic heterocycles. The molecular weight excluding hydrogens is 224 g/mol. The fraction of sp³-hybridized carbons (Fsp3) is 0.400. The van der Waals surface area contributed by atoms with Crippen LogP contribution in [0.1, 0.15) is 31.7 Å². The van der Waals surface area contributed by atoms with Crippen LogP contribution in [-0.4, -0.2) is 0 Å². The molecule has 0 aliphatic rings. The highest BCUT2D eigenvalue weighted by Crippen LogP contribution is 2.32. The molecule has 0 amide bonds. The lowest BCUT2D eigenvalue weighted by atomic mass is 9.96. The van der Waals surface area contributed by atoms with E-state index in [0.717, 1.165) is 0 Å².